The maximum atomic E-state index is 11.9. The van der Waals surface area contributed by atoms with E-state index in [1.165, 1.54) is 0 Å². The highest BCUT2D eigenvalue weighted by Gasteiger charge is 2.21. The minimum atomic E-state index is -0.130. The number of amides is 1. The van der Waals surface area contributed by atoms with Crippen molar-refractivity contribution in [1.82, 2.24) is 10.2 Å². The lowest BCUT2D eigenvalue weighted by molar-refractivity contribution is 0.0946. The fourth-order valence-electron chi connectivity index (χ4n) is 1.60. The minimum Gasteiger partial charge on any atom is -0.454 e. The summed E-state index contributed by atoms with van der Waals surface area (Å²) in [6, 6.07) is 5.31. The van der Waals surface area contributed by atoms with Gasteiger partial charge in [0, 0.05) is 13.1 Å². The highest BCUT2D eigenvalue weighted by Crippen LogP contribution is 2.35. The van der Waals surface area contributed by atoms with Crippen LogP contribution in [0.3, 0.4) is 0 Å². The number of nitrogens with one attached hydrogen (secondary N) is 1. The predicted molar refractivity (Wildman–Crippen MR) is 63.5 cm³/mol. The molecule has 1 aromatic rings. The maximum Gasteiger partial charge on any atom is 0.255 e. The number of para-hydroxylation sites is 1. The van der Waals surface area contributed by atoms with Crippen molar-refractivity contribution in [2.45, 2.75) is 0 Å². The summed E-state index contributed by atoms with van der Waals surface area (Å²) in [6.07, 6.45) is 0. The summed E-state index contributed by atoms with van der Waals surface area (Å²) in [5.41, 5.74) is 0.527. The molecule has 0 aromatic heterocycles. The molecule has 1 aliphatic rings. The average molecular weight is 236 g/mol. The first-order valence-electron chi connectivity index (χ1n) is 5.50. The van der Waals surface area contributed by atoms with Gasteiger partial charge in [-0.3, -0.25) is 4.79 Å². The topological polar surface area (TPSA) is 50.8 Å². The van der Waals surface area contributed by atoms with Crippen molar-refractivity contribution < 1.29 is 14.3 Å². The van der Waals surface area contributed by atoms with E-state index in [2.05, 4.69) is 5.32 Å². The van der Waals surface area contributed by atoms with Crippen LogP contribution in [0.4, 0.5) is 0 Å². The van der Waals surface area contributed by atoms with Crippen LogP contribution in [0.2, 0.25) is 0 Å². The van der Waals surface area contributed by atoms with Crippen molar-refractivity contribution in [1.29, 1.82) is 0 Å². The number of nitrogens with zero attached hydrogens (tertiary/aromatic N) is 1. The Hall–Kier alpha value is -1.75. The van der Waals surface area contributed by atoms with Crippen LogP contribution < -0.4 is 14.8 Å². The fraction of sp³-hybridized carbons (Fsp3) is 0.417. The Kier molecular flexibility index (Phi) is 3.49. The van der Waals surface area contributed by atoms with E-state index in [9.17, 15) is 4.79 Å². The molecular weight excluding hydrogens is 220 g/mol. The van der Waals surface area contributed by atoms with Crippen molar-refractivity contribution in [3.63, 3.8) is 0 Å². The van der Waals surface area contributed by atoms with Gasteiger partial charge >= 0.3 is 0 Å². The van der Waals surface area contributed by atoms with Crippen molar-refractivity contribution in [3.05, 3.63) is 23.8 Å². The zero-order valence-corrected chi connectivity index (χ0v) is 10.0. The summed E-state index contributed by atoms with van der Waals surface area (Å²) in [4.78, 5) is 13.9. The van der Waals surface area contributed by atoms with Crippen LogP contribution >= 0.6 is 0 Å². The molecule has 0 fully saturated rings. The van der Waals surface area contributed by atoms with Crippen LogP contribution in [0.5, 0.6) is 11.5 Å². The van der Waals surface area contributed by atoms with Crippen molar-refractivity contribution in [3.8, 4) is 11.5 Å². The molecule has 0 radical (unpaired) electrons. The molecule has 0 spiro atoms. The fourth-order valence-corrected chi connectivity index (χ4v) is 1.60. The van der Waals surface area contributed by atoms with Gasteiger partial charge in [0.2, 0.25) is 6.79 Å². The van der Waals surface area contributed by atoms with E-state index in [1.54, 1.807) is 18.2 Å². The van der Waals surface area contributed by atoms with Gasteiger partial charge in [0.1, 0.15) is 0 Å². The van der Waals surface area contributed by atoms with E-state index >= 15 is 0 Å². The molecule has 1 aliphatic heterocycles. The van der Waals surface area contributed by atoms with Crippen molar-refractivity contribution in [2.24, 2.45) is 0 Å². The second-order valence-electron chi connectivity index (χ2n) is 4.10. The molecule has 2 rings (SSSR count). The van der Waals surface area contributed by atoms with E-state index in [0.717, 1.165) is 6.54 Å². The number of carbonyl (C=O) groups excluding carboxylic acids is 1. The molecule has 0 atom stereocenters. The molecule has 0 aliphatic carbocycles. The Labute approximate surface area is 100 Å². The normalized spacial score (nSPS) is 12.9. The zero-order chi connectivity index (χ0) is 12.3. The molecule has 92 valence electrons. The Bertz CT molecular complexity index is 418. The van der Waals surface area contributed by atoms with E-state index in [4.69, 9.17) is 9.47 Å². The molecule has 0 unspecified atom stereocenters. The van der Waals surface area contributed by atoms with Gasteiger partial charge in [-0.05, 0) is 26.2 Å². The molecule has 5 heteroatoms. The van der Waals surface area contributed by atoms with Crippen LogP contribution in [-0.2, 0) is 0 Å². The largest absolute Gasteiger partial charge is 0.454 e. The third-order valence-corrected chi connectivity index (χ3v) is 2.49. The zero-order valence-electron chi connectivity index (χ0n) is 10.0. The molecule has 17 heavy (non-hydrogen) atoms. The Morgan fingerprint density at radius 3 is 3.00 bits per heavy atom. The van der Waals surface area contributed by atoms with E-state index in [1.807, 2.05) is 19.0 Å². The first-order valence-corrected chi connectivity index (χ1v) is 5.50. The second kappa shape index (κ2) is 5.05. The van der Waals surface area contributed by atoms with Crippen LogP contribution in [0, 0.1) is 0 Å². The SMILES string of the molecule is CN(C)CCNC(=O)c1cccc2c1OCO2. The van der Waals surface area contributed by atoms with Crippen LogP contribution in [0.25, 0.3) is 0 Å². The number of rotatable bonds is 4. The monoisotopic (exact) mass is 236 g/mol. The highest BCUT2D eigenvalue weighted by atomic mass is 16.7. The number of hydrogen-bond donors (Lipinski definition) is 1. The molecule has 1 amide bonds. The number of likely N-dealkylation sites (N-methyl/N-ethyl adjacent to an activating group) is 1. The van der Waals surface area contributed by atoms with Gasteiger partial charge in [-0.1, -0.05) is 6.07 Å². The smallest absolute Gasteiger partial charge is 0.255 e. The third kappa shape index (κ3) is 2.68. The number of benzene rings is 1. The standard InChI is InChI=1S/C12H16N2O3/c1-14(2)7-6-13-12(15)9-4-3-5-10-11(9)17-8-16-10/h3-5H,6-8H2,1-2H3,(H,13,15). The summed E-state index contributed by atoms with van der Waals surface area (Å²) in [6.45, 7) is 1.59. The average Bonchev–Trinajstić information content (AvgIpc) is 2.75. The van der Waals surface area contributed by atoms with E-state index in [-0.39, 0.29) is 12.7 Å². The van der Waals surface area contributed by atoms with Crippen LogP contribution in [0.1, 0.15) is 10.4 Å². The highest BCUT2D eigenvalue weighted by molar-refractivity contribution is 5.97. The molecule has 1 N–H and O–H groups in total. The Balaban J connectivity index is 2.02. The lowest BCUT2D eigenvalue weighted by Crippen LogP contribution is -2.31. The van der Waals surface area contributed by atoms with Gasteiger partial charge in [-0.25, -0.2) is 0 Å². The van der Waals surface area contributed by atoms with Crippen molar-refractivity contribution in [2.75, 3.05) is 34.0 Å². The van der Waals surface area contributed by atoms with Crippen LogP contribution in [-0.4, -0.2) is 44.8 Å². The first-order chi connectivity index (χ1) is 8.18. The van der Waals surface area contributed by atoms with Gasteiger partial charge in [0.15, 0.2) is 11.5 Å². The molecule has 0 bridgehead atoms. The van der Waals surface area contributed by atoms with Gasteiger partial charge in [-0.2, -0.15) is 0 Å². The minimum absolute atomic E-state index is 0.130. The van der Waals surface area contributed by atoms with Gasteiger partial charge in [-0.15, -0.1) is 0 Å². The summed E-state index contributed by atoms with van der Waals surface area (Å²) >= 11 is 0. The third-order valence-electron chi connectivity index (χ3n) is 2.49. The molecule has 5 nitrogen and oxygen atoms in total. The molecule has 0 saturated heterocycles. The molecule has 1 heterocycles. The van der Waals surface area contributed by atoms with Gasteiger partial charge < -0.3 is 19.7 Å². The molecular formula is C12H16N2O3. The lowest BCUT2D eigenvalue weighted by atomic mass is 10.1. The van der Waals surface area contributed by atoms with E-state index in [0.29, 0.717) is 23.6 Å². The number of fused-ring (bicyclic) bond motifs is 1. The number of hydrogen-bond acceptors (Lipinski definition) is 4. The van der Waals surface area contributed by atoms with Gasteiger partial charge in [0.25, 0.3) is 5.91 Å². The summed E-state index contributed by atoms with van der Waals surface area (Å²) in [7, 11) is 3.92. The molecule has 0 saturated carbocycles. The van der Waals surface area contributed by atoms with E-state index < -0.39 is 0 Å². The lowest BCUT2D eigenvalue weighted by Gasteiger charge is -2.11. The Morgan fingerprint density at radius 2 is 2.24 bits per heavy atom. The van der Waals surface area contributed by atoms with Crippen molar-refractivity contribution >= 4 is 5.91 Å². The second-order valence-corrected chi connectivity index (χ2v) is 4.10. The van der Waals surface area contributed by atoms with Crippen LogP contribution in [0.15, 0.2) is 18.2 Å². The first kappa shape index (κ1) is 11.7. The number of ether oxygens (including phenoxy) is 2. The summed E-state index contributed by atoms with van der Waals surface area (Å²) < 4.78 is 10.5. The summed E-state index contributed by atoms with van der Waals surface area (Å²) in [5, 5.41) is 2.84. The molecule has 1 aromatic carbocycles. The quantitative estimate of drug-likeness (QED) is 0.836. The maximum absolute atomic E-state index is 11.9. The predicted octanol–water partition coefficient (Wildman–Crippen LogP) is 0.707. The Morgan fingerprint density at radius 1 is 1.41 bits per heavy atom. The van der Waals surface area contributed by atoms with Gasteiger partial charge in [0.05, 0.1) is 5.56 Å². The summed E-state index contributed by atoms with van der Waals surface area (Å²) in [5.74, 6) is 1.04. The number of carbonyl (C=O) groups is 1.